The quantitative estimate of drug-likeness (QED) is 0.0567. The van der Waals surface area contributed by atoms with Crippen molar-refractivity contribution in [3.63, 3.8) is 0 Å². The number of amides is 9. The Morgan fingerprint density at radius 3 is 2.06 bits per heavy atom. The molecule has 0 unspecified atom stereocenters. The number of rotatable bonds is 20. The molecule has 6 rings (SSSR count). The molecule has 89 heavy (non-hydrogen) atoms. The van der Waals surface area contributed by atoms with Gasteiger partial charge in [-0.15, -0.1) is 0 Å². The molecule has 0 spiro atoms. The number of phenols is 1. The Morgan fingerprint density at radius 2 is 1.38 bits per heavy atom. The van der Waals surface area contributed by atoms with Gasteiger partial charge in [0.05, 0.1) is 18.2 Å². The number of nitrogens with one attached hydrogen (secondary N) is 9. The summed E-state index contributed by atoms with van der Waals surface area (Å²) in [6.45, 7) is 7.51. The number of phenolic OH excluding ortho intramolecular Hbond substituents is 1. The first-order chi connectivity index (χ1) is 42.3. The van der Waals surface area contributed by atoms with Gasteiger partial charge in [0, 0.05) is 49.3 Å². The van der Waals surface area contributed by atoms with Crippen LogP contribution in [-0.4, -0.2) is 164 Å². The summed E-state index contributed by atoms with van der Waals surface area (Å²) in [6.07, 6.45) is 2.37. The second kappa shape index (κ2) is 34.3. The number of unbranched alkanes of at least 4 members (excludes halogenated alkanes) is 1. The van der Waals surface area contributed by atoms with Gasteiger partial charge < -0.3 is 73.0 Å². The monoisotopic (exact) mass is 1270 g/mol. The number of aromatic hydroxyl groups is 1. The fraction of sp³-hybridized carbons (Fsp3) is 0.524. The number of carbonyl (C=O) groups is 10. The third kappa shape index (κ3) is 23.0. The maximum absolute atomic E-state index is 15.2. The Bertz CT molecular complexity index is 2970. The topological polar surface area (TPSA) is 369 Å². The van der Waals surface area contributed by atoms with Gasteiger partial charge in [0.1, 0.15) is 41.6 Å². The lowest BCUT2D eigenvalue weighted by atomic mass is 9.90. The minimum atomic E-state index is -1.86. The van der Waals surface area contributed by atoms with Crippen LogP contribution in [0.3, 0.4) is 0 Å². The summed E-state index contributed by atoms with van der Waals surface area (Å²) >= 11 is 0. The highest BCUT2D eigenvalue weighted by atomic mass is 33.1. The zero-order valence-corrected chi connectivity index (χ0v) is 52.5. The molecule has 484 valence electrons. The van der Waals surface area contributed by atoms with Crippen molar-refractivity contribution in [2.75, 3.05) is 18.1 Å². The number of benzene rings is 3. The number of allylic oxidation sites excluding steroid dienone is 1. The van der Waals surface area contributed by atoms with Crippen molar-refractivity contribution in [2.45, 2.75) is 184 Å². The maximum Gasteiger partial charge on any atom is 0.407 e. The number of hydrogen-bond acceptors (Lipinski definition) is 16. The van der Waals surface area contributed by atoms with E-state index in [1.807, 2.05) is 30.3 Å². The highest BCUT2D eigenvalue weighted by Crippen LogP contribution is 2.32. The standard InChI is InChI=1S/C63H85N9O15S2/c1-36(73)52-59(82)69-50(58(81)72-53(37(2)74)60(83)84)35-89-88-34-49(68-56(79)47(31-38-16-8-6-9-17-38)70-61(85)65-43-19-10-7-11-20-43)51(76)33-42(30-39-23-27-44(75)28-24-39)54(77)67-48(32-41-26-25-40-18-12-13-21-45(40)41)57(80)66-46(55(78)71-52)22-14-15-29-64-62(86)87-63(3,4)5/h6,8-9,12-13,16-18,21,23-24,26-28,36-37,42-43,46-50,52-53,73-75H,7,10-11,14-15,19-20,22,25,29-35H2,1-5H3,(H,64,86)(H,66,80)(H,67,77)(H,68,79)(H,69,82)(H,71,78)(H,72,81)(H,83,84)(H2,65,70,85)/t36-,37-,42-,46+,47-,48-,49+,50+,52+,53+/m1/s1. The van der Waals surface area contributed by atoms with Crippen LogP contribution >= 0.6 is 21.6 Å². The molecule has 1 saturated heterocycles. The molecule has 26 heteroatoms. The number of Topliss-reactive ketones (excluding diaryl/α,β-unsaturated/α-hetero) is 1. The van der Waals surface area contributed by atoms with Gasteiger partial charge in [-0.1, -0.05) is 114 Å². The molecule has 0 bridgehead atoms. The second-order valence-electron chi connectivity index (χ2n) is 23.8. The van der Waals surface area contributed by atoms with E-state index in [1.54, 1.807) is 63.2 Å². The second-order valence-corrected chi connectivity index (χ2v) is 26.3. The van der Waals surface area contributed by atoms with E-state index in [4.69, 9.17) is 4.74 Å². The number of aliphatic hydroxyl groups excluding tert-OH is 2. The number of carbonyl (C=O) groups excluding carboxylic acids is 9. The van der Waals surface area contributed by atoms with Gasteiger partial charge in [-0.05, 0) is 120 Å². The predicted molar refractivity (Wildman–Crippen MR) is 336 cm³/mol. The van der Waals surface area contributed by atoms with Crippen molar-refractivity contribution in [2.24, 2.45) is 5.92 Å². The van der Waals surface area contributed by atoms with Crippen LogP contribution in [0.15, 0.2) is 84.9 Å². The summed E-state index contributed by atoms with van der Waals surface area (Å²) in [7, 11) is 1.86. The summed E-state index contributed by atoms with van der Waals surface area (Å²) in [5.74, 6) is -9.82. The van der Waals surface area contributed by atoms with Gasteiger partial charge in [0.25, 0.3) is 0 Å². The van der Waals surface area contributed by atoms with Gasteiger partial charge in [-0.3, -0.25) is 33.6 Å². The van der Waals surface area contributed by atoms with Crippen LogP contribution in [0.25, 0.3) is 5.57 Å². The van der Waals surface area contributed by atoms with Crippen LogP contribution in [0, 0.1) is 5.92 Å². The molecule has 3 aliphatic rings. The Hall–Kier alpha value is -7.68. The number of ether oxygens (including phenoxy) is 1. The van der Waals surface area contributed by atoms with Crippen molar-refractivity contribution < 1.29 is 73.1 Å². The van der Waals surface area contributed by atoms with Crippen LogP contribution < -0.4 is 47.9 Å². The number of ketones is 1. The molecule has 13 N–H and O–H groups in total. The van der Waals surface area contributed by atoms with E-state index < -0.39 is 132 Å². The minimum absolute atomic E-state index is 0.00413. The zero-order chi connectivity index (χ0) is 64.8. The van der Waals surface area contributed by atoms with Crippen LogP contribution in [-0.2, 0) is 62.4 Å². The maximum atomic E-state index is 15.2. The number of aliphatic hydroxyl groups is 2. The minimum Gasteiger partial charge on any atom is -0.508 e. The van der Waals surface area contributed by atoms with E-state index in [0.717, 1.165) is 71.7 Å². The lowest BCUT2D eigenvalue weighted by molar-refractivity contribution is -0.145. The molecular formula is C63H85N9O15S2. The first-order valence-electron chi connectivity index (χ1n) is 30.1. The van der Waals surface area contributed by atoms with Crippen LogP contribution in [0.2, 0.25) is 0 Å². The van der Waals surface area contributed by atoms with E-state index >= 15 is 14.4 Å². The van der Waals surface area contributed by atoms with Crippen LogP contribution in [0.5, 0.6) is 5.75 Å². The first kappa shape index (κ1) is 70.4. The highest BCUT2D eigenvalue weighted by molar-refractivity contribution is 8.76. The highest BCUT2D eigenvalue weighted by Gasteiger charge is 2.38. The number of urea groups is 1. The van der Waals surface area contributed by atoms with E-state index in [2.05, 4.69) is 47.9 Å². The van der Waals surface area contributed by atoms with E-state index in [0.29, 0.717) is 23.1 Å². The van der Waals surface area contributed by atoms with Gasteiger partial charge >= 0.3 is 18.1 Å². The molecule has 0 aromatic heterocycles. The lowest BCUT2D eigenvalue weighted by Gasteiger charge is -2.29. The van der Waals surface area contributed by atoms with Crippen molar-refractivity contribution in [1.29, 1.82) is 0 Å². The van der Waals surface area contributed by atoms with Gasteiger partial charge in [0.2, 0.25) is 35.4 Å². The zero-order valence-electron chi connectivity index (χ0n) is 50.8. The Kier molecular flexibility index (Phi) is 27.2. The lowest BCUT2D eigenvalue weighted by Crippen LogP contribution is -2.62. The Morgan fingerprint density at radius 1 is 0.719 bits per heavy atom. The summed E-state index contributed by atoms with van der Waals surface area (Å²) in [4.78, 5) is 142. The fourth-order valence-corrected chi connectivity index (χ4v) is 12.9. The fourth-order valence-electron chi connectivity index (χ4n) is 10.5. The average molecular weight is 1270 g/mol. The SMILES string of the molecule is C[C@@H](O)[C@H](NC(=O)[C@@H]1CSSC[C@H](NC(=O)[C@@H](Cc2ccccc2)NC(=O)NC2CCCCC2)C(=O)C[C@@H](Cc2ccc(O)cc2)C(=O)N[C@H](CC2=CCc3ccccc32)C(=O)N[C@@H](CCCCNC(=O)OC(C)(C)C)C(=O)N[C@@H]([C@@H](C)O)C(=O)N1)C(=O)O. The molecule has 1 aliphatic heterocycles. The molecule has 3 aromatic carbocycles. The molecule has 0 radical (unpaired) electrons. The average Bonchev–Trinajstić information content (AvgIpc) is 2.79. The number of aliphatic carboxylic acids is 1. The van der Waals surface area contributed by atoms with Gasteiger partial charge in [-0.25, -0.2) is 14.4 Å². The molecule has 1 heterocycles. The number of hydrogen-bond donors (Lipinski definition) is 13. The number of fused-ring (bicyclic) bond motifs is 1. The number of carboxylic acid groups (broad SMARTS) is 1. The predicted octanol–water partition coefficient (Wildman–Crippen LogP) is 3.63. The molecule has 3 aromatic rings. The normalized spacial score (nSPS) is 22.3. The summed E-state index contributed by atoms with van der Waals surface area (Å²) < 4.78 is 5.34. The molecule has 2 fully saturated rings. The summed E-state index contributed by atoms with van der Waals surface area (Å²) in [5.41, 5.74) is 2.86. The van der Waals surface area contributed by atoms with E-state index in [9.17, 15) is 54.0 Å². The van der Waals surface area contributed by atoms with Crippen molar-refractivity contribution in [3.8, 4) is 5.75 Å². The third-order valence-corrected chi connectivity index (χ3v) is 17.7. The van der Waals surface area contributed by atoms with Gasteiger partial charge in [0.15, 0.2) is 11.8 Å². The van der Waals surface area contributed by atoms with Gasteiger partial charge in [-0.2, -0.15) is 0 Å². The largest absolute Gasteiger partial charge is 0.508 e. The molecule has 1 saturated carbocycles. The first-order valence-corrected chi connectivity index (χ1v) is 32.6. The summed E-state index contributed by atoms with van der Waals surface area (Å²) in [6, 6.07) is 10.7. The van der Waals surface area contributed by atoms with Crippen molar-refractivity contribution >= 4 is 86.5 Å². The third-order valence-electron chi connectivity index (χ3n) is 15.3. The molecular weight excluding hydrogens is 1190 g/mol. The number of carboxylic acids is 1. The summed E-state index contributed by atoms with van der Waals surface area (Å²) in [5, 5.41) is 65.8. The number of alkyl carbamates (subject to hydrolysis) is 1. The molecule has 24 nitrogen and oxygen atoms in total. The molecule has 2 aliphatic carbocycles. The smallest absolute Gasteiger partial charge is 0.407 e. The van der Waals surface area contributed by atoms with Crippen LogP contribution in [0.1, 0.15) is 121 Å². The van der Waals surface area contributed by atoms with Crippen LogP contribution in [0.4, 0.5) is 9.59 Å². The van der Waals surface area contributed by atoms with Crippen molar-refractivity contribution in [3.05, 3.63) is 107 Å². The Balaban J connectivity index is 1.41. The molecule has 9 amide bonds. The van der Waals surface area contributed by atoms with E-state index in [1.165, 1.54) is 19.1 Å². The molecule has 10 atom stereocenters. The Labute approximate surface area is 526 Å². The van der Waals surface area contributed by atoms with Crippen molar-refractivity contribution in [1.82, 2.24) is 47.9 Å². The van der Waals surface area contributed by atoms with E-state index in [-0.39, 0.29) is 68.4 Å².